The lowest BCUT2D eigenvalue weighted by Gasteiger charge is -2.09. The maximum Gasteiger partial charge on any atom is 0.383 e. The first kappa shape index (κ1) is 14.8. The van der Waals surface area contributed by atoms with Crippen LogP contribution in [0, 0.1) is 0 Å². The van der Waals surface area contributed by atoms with E-state index in [9.17, 15) is 9.59 Å². The summed E-state index contributed by atoms with van der Waals surface area (Å²) < 4.78 is 0. The Morgan fingerprint density at radius 1 is 1.25 bits per heavy atom. The number of carbonyl (C=O) groups is 2. The summed E-state index contributed by atoms with van der Waals surface area (Å²) in [6.07, 6.45) is 0.509. The first-order valence-electron chi connectivity index (χ1n) is 5.05. The van der Waals surface area contributed by atoms with Crippen LogP contribution in [0.1, 0.15) is 26.2 Å². The number of hydrogen-bond donors (Lipinski definition) is 3. The summed E-state index contributed by atoms with van der Waals surface area (Å²) in [5.74, 6) is -1.88. The highest BCUT2D eigenvalue weighted by molar-refractivity contribution is 5.77. The Kier molecular flexibility index (Phi) is 7.44. The van der Waals surface area contributed by atoms with Crippen molar-refractivity contribution in [3.8, 4) is 0 Å². The van der Waals surface area contributed by atoms with Gasteiger partial charge in [-0.1, -0.05) is 6.42 Å². The average molecular weight is 234 g/mol. The van der Waals surface area contributed by atoms with Crippen molar-refractivity contribution in [1.82, 2.24) is 0 Å². The van der Waals surface area contributed by atoms with Crippen LogP contribution in [0.4, 0.5) is 0 Å². The number of rotatable bonds is 6. The molecule has 0 spiro atoms. The number of aliphatic hydroxyl groups is 1. The van der Waals surface area contributed by atoms with Crippen LogP contribution in [-0.4, -0.2) is 35.7 Å². The monoisotopic (exact) mass is 234 g/mol. The van der Waals surface area contributed by atoms with Gasteiger partial charge in [0, 0.05) is 0 Å². The van der Waals surface area contributed by atoms with Gasteiger partial charge in [0.2, 0.25) is 0 Å². The van der Waals surface area contributed by atoms with Crippen molar-refractivity contribution in [3.63, 3.8) is 0 Å². The molecule has 2 atom stereocenters. The third kappa shape index (κ3) is 6.33. The van der Waals surface area contributed by atoms with E-state index in [1.165, 1.54) is 6.92 Å². The van der Waals surface area contributed by atoms with Crippen LogP contribution >= 0.6 is 0 Å². The van der Waals surface area contributed by atoms with Crippen molar-refractivity contribution in [3.05, 3.63) is 0 Å². The van der Waals surface area contributed by atoms with Gasteiger partial charge in [0.1, 0.15) is 6.04 Å². The van der Waals surface area contributed by atoms with Crippen LogP contribution in [0.5, 0.6) is 0 Å². The summed E-state index contributed by atoms with van der Waals surface area (Å²) in [4.78, 5) is 30.1. The smallest absolute Gasteiger partial charge is 0.382 e. The number of hydrogen-bond acceptors (Lipinski definition) is 7. The van der Waals surface area contributed by atoms with Gasteiger partial charge in [0.15, 0.2) is 6.10 Å². The minimum absolute atomic E-state index is 0.405. The minimum atomic E-state index is -1.35. The van der Waals surface area contributed by atoms with Crippen molar-refractivity contribution in [2.24, 2.45) is 11.5 Å². The van der Waals surface area contributed by atoms with Crippen LogP contribution < -0.4 is 11.5 Å². The minimum Gasteiger partial charge on any atom is -0.382 e. The van der Waals surface area contributed by atoms with Crippen molar-refractivity contribution in [2.75, 3.05) is 6.54 Å². The Labute approximate surface area is 93.6 Å². The number of unbranched alkanes of at least 4 members (excludes halogenated alkanes) is 1. The van der Waals surface area contributed by atoms with E-state index in [0.717, 1.165) is 6.42 Å². The molecule has 0 bridgehead atoms. The summed E-state index contributed by atoms with van der Waals surface area (Å²) in [6.45, 7) is 1.72. The van der Waals surface area contributed by atoms with Crippen LogP contribution in [0.2, 0.25) is 0 Å². The summed E-state index contributed by atoms with van der Waals surface area (Å²) in [6, 6.07) is -0.853. The molecule has 94 valence electrons. The van der Waals surface area contributed by atoms with Crippen LogP contribution in [0.25, 0.3) is 0 Å². The number of aliphatic hydroxyl groups excluding tert-OH is 1. The predicted molar refractivity (Wildman–Crippen MR) is 54.7 cm³/mol. The van der Waals surface area contributed by atoms with Gasteiger partial charge in [-0.25, -0.2) is 19.4 Å². The van der Waals surface area contributed by atoms with Gasteiger partial charge >= 0.3 is 11.9 Å². The SMILES string of the molecule is CC(O)C(=O)OOC(=O)C(N)CCCCN. The zero-order valence-corrected chi connectivity index (χ0v) is 9.22. The van der Waals surface area contributed by atoms with E-state index in [2.05, 4.69) is 9.78 Å². The lowest BCUT2D eigenvalue weighted by molar-refractivity contribution is -0.264. The Bertz CT molecular complexity index is 232. The quantitative estimate of drug-likeness (QED) is 0.300. The van der Waals surface area contributed by atoms with Crippen LogP contribution in [0.15, 0.2) is 0 Å². The van der Waals surface area contributed by atoms with Crippen molar-refractivity contribution in [2.45, 2.75) is 38.3 Å². The molecule has 2 unspecified atom stereocenters. The van der Waals surface area contributed by atoms with Crippen molar-refractivity contribution < 1.29 is 24.5 Å². The molecule has 0 aromatic heterocycles. The lowest BCUT2D eigenvalue weighted by Crippen LogP contribution is -2.34. The zero-order valence-electron chi connectivity index (χ0n) is 9.22. The van der Waals surface area contributed by atoms with E-state index in [-0.39, 0.29) is 0 Å². The van der Waals surface area contributed by atoms with E-state index in [1.807, 2.05) is 0 Å². The second kappa shape index (κ2) is 8.03. The molecule has 0 aliphatic rings. The average Bonchev–Trinajstić information content (AvgIpc) is 2.25. The van der Waals surface area contributed by atoms with Crippen LogP contribution in [0.3, 0.4) is 0 Å². The van der Waals surface area contributed by atoms with Gasteiger partial charge in [-0.3, -0.25) is 0 Å². The summed E-state index contributed by atoms with van der Waals surface area (Å²) in [5.41, 5.74) is 10.7. The molecule has 0 saturated carbocycles. The second-order valence-electron chi connectivity index (χ2n) is 3.37. The number of carbonyl (C=O) groups excluding carboxylic acids is 2. The Morgan fingerprint density at radius 3 is 2.31 bits per heavy atom. The summed E-state index contributed by atoms with van der Waals surface area (Å²) in [5, 5.41) is 8.73. The van der Waals surface area contributed by atoms with Gasteiger partial charge < -0.3 is 16.6 Å². The molecule has 0 aromatic rings. The molecule has 5 N–H and O–H groups in total. The van der Waals surface area contributed by atoms with Gasteiger partial charge in [0.25, 0.3) is 0 Å². The molecule has 7 nitrogen and oxygen atoms in total. The van der Waals surface area contributed by atoms with Gasteiger partial charge in [-0.15, -0.1) is 0 Å². The van der Waals surface area contributed by atoms with E-state index in [1.54, 1.807) is 0 Å². The molecule has 16 heavy (non-hydrogen) atoms. The zero-order chi connectivity index (χ0) is 12.6. The molecule has 0 amide bonds. The molecular weight excluding hydrogens is 216 g/mol. The molecule has 0 aliphatic carbocycles. The topological polar surface area (TPSA) is 125 Å². The molecule has 0 saturated heterocycles. The Morgan fingerprint density at radius 2 is 1.81 bits per heavy atom. The van der Waals surface area contributed by atoms with Gasteiger partial charge in [-0.05, 0) is 26.3 Å². The standard InChI is InChI=1S/C9H18N2O5/c1-6(12)8(13)15-16-9(14)7(11)4-2-3-5-10/h6-7,12H,2-5,10-11H2,1H3. The molecule has 0 heterocycles. The molecular formula is C9H18N2O5. The fourth-order valence-electron chi connectivity index (χ4n) is 0.840. The second-order valence-corrected chi connectivity index (χ2v) is 3.37. The molecule has 0 fully saturated rings. The maximum absolute atomic E-state index is 11.1. The van der Waals surface area contributed by atoms with Gasteiger partial charge in [0.05, 0.1) is 0 Å². The van der Waals surface area contributed by atoms with E-state index < -0.39 is 24.1 Å². The van der Waals surface area contributed by atoms with E-state index in [0.29, 0.717) is 19.4 Å². The summed E-state index contributed by atoms with van der Waals surface area (Å²) >= 11 is 0. The van der Waals surface area contributed by atoms with Crippen molar-refractivity contribution >= 4 is 11.9 Å². The highest BCUT2D eigenvalue weighted by atomic mass is 17.2. The Hall–Kier alpha value is -1.18. The van der Waals surface area contributed by atoms with E-state index >= 15 is 0 Å². The van der Waals surface area contributed by atoms with E-state index in [4.69, 9.17) is 16.6 Å². The fraction of sp³-hybridized carbons (Fsp3) is 0.778. The molecule has 7 heteroatoms. The Balaban J connectivity index is 3.75. The molecule has 0 aromatic carbocycles. The predicted octanol–water partition coefficient (Wildman–Crippen LogP) is -1.18. The lowest BCUT2D eigenvalue weighted by atomic mass is 10.1. The maximum atomic E-state index is 11.1. The van der Waals surface area contributed by atoms with Gasteiger partial charge in [-0.2, -0.15) is 0 Å². The largest absolute Gasteiger partial charge is 0.383 e. The fourth-order valence-corrected chi connectivity index (χ4v) is 0.840. The third-order valence-electron chi connectivity index (χ3n) is 1.82. The molecule has 0 radical (unpaired) electrons. The molecule has 0 aliphatic heterocycles. The highest BCUT2D eigenvalue weighted by Crippen LogP contribution is 2.00. The highest BCUT2D eigenvalue weighted by Gasteiger charge is 2.19. The third-order valence-corrected chi connectivity index (χ3v) is 1.82. The normalized spacial score (nSPS) is 14.0. The van der Waals surface area contributed by atoms with Crippen LogP contribution in [-0.2, 0) is 19.4 Å². The number of nitrogens with two attached hydrogens (primary N) is 2. The molecule has 0 rings (SSSR count). The first-order valence-corrected chi connectivity index (χ1v) is 5.05. The van der Waals surface area contributed by atoms with Crippen molar-refractivity contribution in [1.29, 1.82) is 0 Å². The summed E-state index contributed by atoms with van der Waals surface area (Å²) in [7, 11) is 0. The first-order chi connectivity index (χ1) is 7.49.